The molecule has 1 aromatic heterocycles. The van der Waals surface area contributed by atoms with Crippen molar-refractivity contribution in [3.8, 4) is 27.8 Å². The van der Waals surface area contributed by atoms with Gasteiger partial charge >= 0.3 is 0 Å². The first-order chi connectivity index (χ1) is 13.2. The second-order valence-electron chi connectivity index (χ2n) is 5.77. The van der Waals surface area contributed by atoms with E-state index in [1.54, 1.807) is 38.5 Å². The molecule has 3 aromatic rings. The summed E-state index contributed by atoms with van der Waals surface area (Å²) < 4.78 is 16.6. The molecule has 0 unspecified atom stereocenters. The molecule has 3 rings (SSSR count). The van der Waals surface area contributed by atoms with E-state index < -0.39 is 0 Å². The number of methoxy groups -OCH3 is 2. The lowest BCUT2D eigenvalue weighted by Crippen LogP contribution is -1.98. The van der Waals surface area contributed by atoms with Crippen molar-refractivity contribution < 1.29 is 19.0 Å². The molecule has 0 saturated heterocycles. The zero-order chi connectivity index (χ0) is 19.2. The maximum absolute atomic E-state index is 11.7. The van der Waals surface area contributed by atoms with Gasteiger partial charge in [0.25, 0.3) is 0 Å². The van der Waals surface area contributed by atoms with Gasteiger partial charge in [-0.3, -0.25) is 4.79 Å². The van der Waals surface area contributed by atoms with E-state index in [-0.39, 0.29) is 5.78 Å². The van der Waals surface area contributed by atoms with E-state index in [0.29, 0.717) is 35.8 Å². The maximum atomic E-state index is 11.7. The zero-order valence-electron chi connectivity index (χ0n) is 15.5. The van der Waals surface area contributed by atoms with Gasteiger partial charge in [0.1, 0.15) is 17.4 Å². The summed E-state index contributed by atoms with van der Waals surface area (Å²) in [6.45, 7) is 2.20. The molecule has 0 amide bonds. The summed E-state index contributed by atoms with van der Waals surface area (Å²) in [6.07, 6.45) is 0.496. The zero-order valence-corrected chi connectivity index (χ0v) is 16.3. The number of benzene rings is 2. The Morgan fingerprint density at radius 2 is 1.85 bits per heavy atom. The van der Waals surface area contributed by atoms with Crippen LogP contribution in [0.3, 0.4) is 0 Å². The first-order valence-electron chi connectivity index (χ1n) is 8.58. The number of carbonyl (C=O) groups is 1. The van der Waals surface area contributed by atoms with E-state index in [2.05, 4.69) is 4.98 Å². The molecule has 0 spiro atoms. The highest BCUT2D eigenvalue weighted by molar-refractivity contribution is 7.13. The molecule has 0 saturated carbocycles. The summed E-state index contributed by atoms with van der Waals surface area (Å²) in [7, 11) is 3.23. The van der Waals surface area contributed by atoms with Crippen LogP contribution >= 0.6 is 11.3 Å². The molecule has 0 aliphatic heterocycles. The van der Waals surface area contributed by atoms with Crippen molar-refractivity contribution in [2.75, 3.05) is 14.2 Å². The quantitative estimate of drug-likeness (QED) is 0.512. The molecule has 0 fully saturated rings. The number of Topliss-reactive ketones (excluding diaryl/α,β-unsaturated/α-hetero) is 1. The van der Waals surface area contributed by atoms with Crippen molar-refractivity contribution in [2.45, 2.75) is 20.0 Å². The van der Waals surface area contributed by atoms with Gasteiger partial charge in [0.15, 0.2) is 17.3 Å². The fourth-order valence-electron chi connectivity index (χ4n) is 2.65. The normalized spacial score (nSPS) is 10.5. The molecule has 5 nitrogen and oxygen atoms in total. The van der Waals surface area contributed by atoms with Crippen LogP contribution in [-0.2, 0) is 6.61 Å². The van der Waals surface area contributed by atoms with Crippen molar-refractivity contribution in [3.05, 3.63) is 59.1 Å². The Kier molecular flexibility index (Phi) is 6.08. The molecule has 2 aromatic carbocycles. The lowest BCUT2D eigenvalue weighted by molar-refractivity contribution is 0.0988. The second kappa shape index (κ2) is 8.68. The summed E-state index contributed by atoms with van der Waals surface area (Å²) in [6, 6.07) is 12.9. The second-order valence-corrected chi connectivity index (χ2v) is 6.63. The molecular formula is C21H21NO4S. The lowest BCUT2D eigenvalue weighted by Gasteiger charge is -2.10. The molecule has 0 aliphatic rings. The third-order valence-electron chi connectivity index (χ3n) is 4.07. The fraction of sp³-hybridized carbons (Fsp3) is 0.238. The predicted molar refractivity (Wildman–Crippen MR) is 106 cm³/mol. The van der Waals surface area contributed by atoms with Crippen LogP contribution < -0.4 is 14.2 Å². The molecular weight excluding hydrogens is 362 g/mol. The van der Waals surface area contributed by atoms with Crippen LogP contribution in [0.5, 0.6) is 17.2 Å². The Morgan fingerprint density at radius 3 is 2.52 bits per heavy atom. The maximum Gasteiger partial charge on any atom is 0.170 e. The van der Waals surface area contributed by atoms with Crippen LogP contribution in [0.25, 0.3) is 10.6 Å². The van der Waals surface area contributed by atoms with Crippen LogP contribution in [0.4, 0.5) is 0 Å². The monoisotopic (exact) mass is 383 g/mol. The number of carbonyl (C=O) groups excluding carboxylic acids is 1. The number of aromatic nitrogens is 1. The topological polar surface area (TPSA) is 57.7 Å². The summed E-state index contributed by atoms with van der Waals surface area (Å²) in [5, 5.41) is 2.80. The fourth-order valence-corrected chi connectivity index (χ4v) is 3.48. The Balaban J connectivity index is 1.71. The summed E-state index contributed by atoms with van der Waals surface area (Å²) in [4.78, 5) is 16.3. The van der Waals surface area contributed by atoms with Crippen LogP contribution in [0.2, 0.25) is 0 Å². The van der Waals surface area contributed by atoms with Gasteiger partial charge in [-0.15, -0.1) is 11.3 Å². The highest BCUT2D eigenvalue weighted by atomic mass is 32.1. The Morgan fingerprint density at radius 1 is 1.07 bits per heavy atom. The van der Waals surface area contributed by atoms with Gasteiger partial charge in [-0.2, -0.15) is 0 Å². The third-order valence-corrected chi connectivity index (χ3v) is 4.99. The molecule has 0 bridgehead atoms. The molecule has 6 heteroatoms. The van der Waals surface area contributed by atoms with Gasteiger partial charge in [0.2, 0.25) is 0 Å². The molecule has 0 aliphatic carbocycles. The largest absolute Gasteiger partial charge is 0.493 e. The van der Waals surface area contributed by atoms with Crippen LogP contribution in [0.15, 0.2) is 47.8 Å². The minimum absolute atomic E-state index is 0.123. The highest BCUT2D eigenvalue weighted by Crippen LogP contribution is 2.39. The Bertz CT molecular complexity index is 918. The lowest BCUT2D eigenvalue weighted by atomic mass is 10.1. The molecule has 1 heterocycles. The number of thiazole rings is 1. The van der Waals surface area contributed by atoms with Gasteiger partial charge in [0.05, 0.1) is 25.5 Å². The van der Waals surface area contributed by atoms with Crippen molar-refractivity contribution in [2.24, 2.45) is 0 Å². The average molecular weight is 383 g/mol. The van der Waals surface area contributed by atoms with Crippen LogP contribution in [0, 0.1) is 0 Å². The number of hydrogen-bond acceptors (Lipinski definition) is 6. The number of nitrogens with zero attached hydrogens (tertiary/aromatic N) is 1. The van der Waals surface area contributed by atoms with E-state index in [9.17, 15) is 4.79 Å². The number of para-hydroxylation sites is 1. The summed E-state index contributed by atoms with van der Waals surface area (Å²) >= 11 is 1.52. The molecule has 0 N–H and O–H groups in total. The molecule has 140 valence electrons. The SMILES string of the molecule is CCC(=O)c1ccc(OCc2csc(-c3cccc(OC)c3OC)n2)cc1. The van der Waals surface area contributed by atoms with E-state index in [1.165, 1.54) is 11.3 Å². The van der Waals surface area contributed by atoms with Gasteiger partial charge in [-0.25, -0.2) is 4.98 Å². The minimum atomic E-state index is 0.123. The van der Waals surface area contributed by atoms with Crippen LogP contribution in [-0.4, -0.2) is 25.0 Å². The van der Waals surface area contributed by atoms with Crippen molar-refractivity contribution in [1.82, 2.24) is 4.98 Å². The van der Waals surface area contributed by atoms with Crippen molar-refractivity contribution >= 4 is 17.1 Å². The van der Waals surface area contributed by atoms with Crippen molar-refractivity contribution in [1.29, 1.82) is 0 Å². The summed E-state index contributed by atoms with van der Waals surface area (Å²) in [5.74, 6) is 2.16. The van der Waals surface area contributed by atoms with E-state index in [0.717, 1.165) is 16.3 Å². The van der Waals surface area contributed by atoms with E-state index in [4.69, 9.17) is 14.2 Å². The van der Waals surface area contributed by atoms with Gasteiger partial charge in [-0.05, 0) is 36.4 Å². The molecule has 27 heavy (non-hydrogen) atoms. The first kappa shape index (κ1) is 18.9. The summed E-state index contributed by atoms with van der Waals surface area (Å²) in [5.41, 5.74) is 2.41. The number of ether oxygens (including phenoxy) is 3. The Hall–Kier alpha value is -2.86. The number of hydrogen-bond donors (Lipinski definition) is 0. The van der Waals surface area contributed by atoms with Gasteiger partial charge in [0, 0.05) is 17.4 Å². The predicted octanol–water partition coefficient (Wildman–Crippen LogP) is 5.00. The van der Waals surface area contributed by atoms with E-state index in [1.807, 2.05) is 30.5 Å². The standard InChI is InChI=1S/C21H21NO4S/c1-4-18(23)14-8-10-16(11-9-14)26-12-15-13-27-21(22-15)17-6-5-7-19(24-2)20(17)25-3/h5-11,13H,4,12H2,1-3H3. The van der Waals surface area contributed by atoms with Crippen molar-refractivity contribution in [3.63, 3.8) is 0 Å². The Labute approximate surface area is 162 Å². The first-order valence-corrected chi connectivity index (χ1v) is 9.46. The van der Waals surface area contributed by atoms with Gasteiger partial charge < -0.3 is 14.2 Å². The molecule has 0 atom stereocenters. The average Bonchev–Trinajstić information content (AvgIpc) is 3.20. The van der Waals surface area contributed by atoms with Gasteiger partial charge in [-0.1, -0.05) is 13.0 Å². The number of rotatable bonds is 8. The third kappa shape index (κ3) is 4.28. The highest BCUT2D eigenvalue weighted by Gasteiger charge is 2.14. The van der Waals surface area contributed by atoms with E-state index >= 15 is 0 Å². The van der Waals surface area contributed by atoms with Crippen LogP contribution in [0.1, 0.15) is 29.4 Å². The molecule has 0 radical (unpaired) electrons. The smallest absolute Gasteiger partial charge is 0.170 e. The number of ketones is 1. The minimum Gasteiger partial charge on any atom is -0.493 e.